The summed E-state index contributed by atoms with van der Waals surface area (Å²) in [5.41, 5.74) is 2.40. The molecule has 0 aromatic carbocycles. The molecule has 1 rings (SSSR count). The quantitative estimate of drug-likeness (QED) is 0.687. The van der Waals surface area contributed by atoms with E-state index in [4.69, 9.17) is 4.74 Å². The van der Waals surface area contributed by atoms with Crippen LogP contribution >= 0.6 is 0 Å². The Morgan fingerprint density at radius 1 is 1.53 bits per heavy atom. The van der Waals surface area contributed by atoms with Gasteiger partial charge in [0.15, 0.2) is 0 Å². The minimum absolute atomic E-state index is 0.818. The number of nitrogens with zero attached hydrogens (tertiary/aromatic N) is 2. The van der Waals surface area contributed by atoms with Gasteiger partial charge in [0.1, 0.15) is 0 Å². The third-order valence-corrected chi connectivity index (χ3v) is 2.40. The van der Waals surface area contributed by atoms with Gasteiger partial charge in [-0.3, -0.25) is 4.68 Å². The van der Waals surface area contributed by atoms with Crippen LogP contribution in [0.1, 0.15) is 24.7 Å². The molecular formula is C11H21N3O. The standard InChI is InChI=1S/C11H21N3O/c1-4-10-8-11(14(2)13-10)9-12-6-5-7-15-3/h8,12H,4-7,9H2,1-3H3. The number of ether oxygens (including phenoxy) is 1. The first kappa shape index (κ1) is 12.2. The van der Waals surface area contributed by atoms with Crippen LogP contribution in [0.3, 0.4) is 0 Å². The van der Waals surface area contributed by atoms with Gasteiger partial charge in [0, 0.05) is 27.3 Å². The highest BCUT2D eigenvalue weighted by Gasteiger charge is 2.02. The molecule has 4 heteroatoms. The molecule has 0 amide bonds. The SMILES string of the molecule is CCc1cc(CNCCCOC)n(C)n1. The molecule has 0 spiro atoms. The van der Waals surface area contributed by atoms with E-state index in [9.17, 15) is 0 Å². The molecule has 86 valence electrons. The van der Waals surface area contributed by atoms with E-state index in [1.54, 1.807) is 7.11 Å². The largest absolute Gasteiger partial charge is 0.385 e. The third kappa shape index (κ3) is 4.01. The first-order valence-electron chi connectivity index (χ1n) is 5.49. The maximum absolute atomic E-state index is 4.98. The minimum atomic E-state index is 0.818. The molecule has 0 saturated heterocycles. The van der Waals surface area contributed by atoms with Crippen LogP contribution in [0.15, 0.2) is 6.07 Å². The topological polar surface area (TPSA) is 39.1 Å². The lowest BCUT2D eigenvalue weighted by atomic mass is 10.3. The maximum Gasteiger partial charge on any atom is 0.0625 e. The van der Waals surface area contributed by atoms with Crippen LogP contribution in [-0.4, -0.2) is 30.0 Å². The summed E-state index contributed by atoms with van der Waals surface area (Å²) in [5, 5.41) is 7.77. The summed E-state index contributed by atoms with van der Waals surface area (Å²) in [5.74, 6) is 0. The van der Waals surface area contributed by atoms with Gasteiger partial charge in [-0.05, 0) is 25.5 Å². The second kappa shape index (κ2) is 6.58. The highest BCUT2D eigenvalue weighted by atomic mass is 16.5. The first-order chi connectivity index (χ1) is 7.27. The summed E-state index contributed by atoms with van der Waals surface area (Å²) in [6.07, 6.45) is 2.05. The van der Waals surface area contributed by atoms with E-state index in [1.807, 2.05) is 11.7 Å². The van der Waals surface area contributed by atoms with Crippen LogP contribution in [0.2, 0.25) is 0 Å². The van der Waals surface area contributed by atoms with Gasteiger partial charge in [-0.25, -0.2) is 0 Å². The molecule has 0 bridgehead atoms. The molecule has 0 atom stereocenters. The number of nitrogens with one attached hydrogen (secondary N) is 1. The van der Waals surface area contributed by atoms with Gasteiger partial charge >= 0.3 is 0 Å². The molecule has 0 radical (unpaired) electrons. The van der Waals surface area contributed by atoms with Crippen molar-refractivity contribution in [1.82, 2.24) is 15.1 Å². The van der Waals surface area contributed by atoms with Gasteiger partial charge in [-0.2, -0.15) is 5.10 Å². The number of hydrogen-bond acceptors (Lipinski definition) is 3. The Hall–Kier alpha value is -0.870. The average Bonchev–Trinajstić information content (AvgIpc) is 2.59. The zero-order chi connectivity index (χ0) is 11.1. The van der Waals surface area contributed by atoms with Crippen LogP contribution in [0.5, 0.6) is 0 Å². The van der Waals surface area contributed by atoms with Crippen molar-refractivity contribution in [3.05, 3.63) is 17.5 Å². The van der Waals surface area contributed by atoms with Crippen LogP contribution < -0.4 is 5.32 Å². The molecule has 15 heavy (non-hydrogen) atoms. The van der Waals surface area contributed by atoms with E-state index in [1.165, 1.54) is 5.69 Å². The molecule has 1 aromatic heterocycles. The summed E-state index contributed by atoms with van der Waals surface area (Å²) in [7, 11) is 3.72. The second-order valence-electron chi connectivity index (χ2n) is 3.63. The minimum Gasteiger partial charge on any atom is -0.385 e. The van der Waals surface area contributed by atoms with E-state index >= 15 is 0 Å². The number of aryl methyl sites for hydroxylation is 2. The fourth-order valence-electron chi connectivity index (χ4n) is 1.47. The van der Waals surface area contributed by atoms with Crippen molar-refractivity contribution in [2.24, 2.45) is 7.05 Å². The normalized spacial score (nSPS) is 10.9. The Balaban J connectivity index is 2.27. The van der Waals surface area contributed by atoms with Crippen LogP contribution in [0, 0.1) is 0 Å². The Bertz CT molecular complexity index is 283. The average molecular weight is 211 g/mol. The molecule has 0 fully saturated rings. The summed E-state index contributed by atoms with van der Waals surface area (Å²) in [4.78, 5) is 0. The van der Waals surface area contributed by atoms with Crippen molar-refractivity contribution in [3.63, 3.8) is 0 Å². The molecule has 0 aliphatic carbocycles. The maximum atomic E-state index is 4.98. The summed E-state index contributed by atoms with van der Waals surface area (Å²) in [6.45, 7) is 4.81. The first-order valence-corrected chi connectivity index (χ1v) is 5.49. The monoisotopic (exact) mass is 211 g/mol. The summed E-state index contributed by atoms with van der Waals surface area (Å²) < 4.78 is 6.93. The van der Waals surface area contributed by atoms with Gasteiger partial charge in [0.05, 0.1) is 11.4 Å². The highest BCUT2D eigenvalue weighted by Crippen LogP contribution is 2.03. The van der Waals surface area contributed by atoms with Crippen LogP contribution in [-0.2, 0) is 24.8 Å². The lowest BCUT2D eigenvalue weighted by Crippen LogP contribution is -2.18. The molecule has 1 N–H and O–H groups in total. The highest BCUT2D eigenvalue weighted by molar-refractivity contribution is 5.09. The van der Waals surface area contributed by atoms with Gasteiger partial charge in [-0.1, -0.05) is 6.92 Å². The van der Waals surface area contributed by atoms with Gasteiger partial charge < -0.3 is 10.1 Å². The third-order valence-electron chi connectivity index (χ3n) is 2.40. The van der Waals surface area contributed by atoms with E-state index in [0.717, 1.165) is 38.2 Å². The van der Waals surface area contributed by atoms with Crippen molar-refractivity contribution < 1.29 is 4.74 Å². The van der Waals surface area contributed by atoms with Gasteiger partial charge in [0.25, 0.3) is 0 Å². The molecule has 1 heterocycles. The van der Waals surface area contributed by atoms with E-state index < -0.39 is 0 Å². The van der Waals surface area contributed by atoms with E-state index in [0.29, 0.717) is 0 Å². The Morgan fingerprint density at radius 2 is 2.33 bits per heavy atom. The van der Waals surface area contributed by atoms with Gasteiger partial charge in [0.2, 0.25) is 0 Å². The summed E-state index contributed by atoms with van der Waals surface area (Å²) in [6, 6.07) is 2.16. The predicted molar refractivity (Wildman–Crippen MR) is 60.8 cm³/mol. The molecule has 0 aliphatic rings. The number of methoxy groups -OCH3 is 1. The fourth-order valence-corrected chi connectivity index (χ4v) is 1.47. The van der Waals surface area contributed by atoms with Crippen molar-refractivity contribution in [3.8, 4) is 0 Å². The summed E-state index contributed by atoms with van der Waals surface area (Å²) >= 11 is 0. The molecule has 4 nitrogen and oxygen atoms in total. The zero-order valence-electron chi connectivity index (χ0n) is 9.92. The lowest BCUT2D eigenvalue weighted by Gasteiger charge is -2.04. The molecule has 0 unspecified atom stereocenters. The van der Waals surface area contributed by atoms with Crippen molar-refractivity contribution >= 4 is 0 Å². The smallest absolute Gasteiger partial charge is 0.0625 e. The number of hydrogen-bond donors (Lipinski definition) is 1. The van der Waals surface area contributed by atoms with Crippen LogP contribution in [0.4, 0.5) is 0 Å². The Kier molecular flexibility index (Phi) is 5.36. The zero-order valence-corrected chi connectivity index (χ0v) is 9.92. The molecule has 0 saturated carbocycles. The molecular weight excluding hydrogens is 190 g/mol. The Labute approximate surface area is 91.6 Å². The second-order valence-corrected chi connectivity index (χ2v) is 3.63. The predicted octanol–water partition coefficient (Wildman–Crippen LogP) is 1.11. The van der Waals surface area contributed by atoms with Crippen molar-refractivity contribution in [1.29, 1.82) is 0 Å². The lowest BCUT2D eigenvalue weighted by molar-refractivity contribution is 0.194. The van der Waals surface area contributed by atoms with E-state index in [-0.39, 0.29) is 0 Å². The van der Waals surface area contributed by atoms with E-state index in [2.05, 4.69) is 23.4 Å². The van der Waals surface area contributed by atoms with Crippen molar-refractivity contribution in [2.45, 2.75) is 26.3 Å². The molecule has 0 aliphatic heterocycles. The fraction of sp³-hybridized carbons (Fsp3) is 0.727. The Morgan fingerprint density at radius 3 is 2.93 bits per heavy atom. The molecule has 1 aromatic rings. The number of aromatic nitrogens is 2. The number of rotatable bonds is 7. The van der Waals surface area contributed by atoms with Crippen LogP contribution in [0.25, 0.3) is 0 Å². The van der Waals surface area contributed by atoms with Crippen molar-refractivity contribution in [2.75, 3.05) is 20.3 Å². The van der Waals surface area contributed by atoms with Gasteiger partial charge in [-0.15, -0.1) is 0 Å².